The molecular formula is C25H32Cl2N3O3S+. The largest absolute Gasteiger partial charge is 0.435 e. The van der Waals surface area contributed by atoms with Crippen LogP contribution in [-0.2, 0) is 17.5 Å². The van der Waals surface area contributed by atoms with Gasteiger partial charge in [0.25, 0.3) is 0 Å². The number of nitrogens with zero attached hydrogens (tertiary/aromatic N) is 3. The van der Waals surface area contributed by atoms with Gasteiger partial charge in [0.05, 0.1) is 26.0 Å². The normalized spacial score (nSPS) is 30.2. The second-order valence-electron chi connectivity index (χ2n) is 10.7. The predicted molar refractivity (Wildman–Crippen MR) is 135 cm³/mol. The summed E-state index contributed by atoms with van der Waals surface area (Å²) < 4.78 is 25.8. The van der Waals surface area contributed by atoms with Gasteiger partial charge in [0.1, 0.15) is 17.6 Å². The molecule has 0 aliphatic carbocycles. The van der Waals surface area contributed by atoms with E-state index in [9.17, 15) is 4.21 Å². The Morgan fingerprint density at radius 1 is 1.24 bits per heavy atom. The van der Waals surface area contributed by atoms with Crippen LogP contribution < -0.4 is 4.74 Å². The summed E-state index contributed by atoms with van der Waals surface area (Å²) in [6.07, 6.45) is 3.67. The molecule has 4 heterocycles. The van der Waals surface area contributed by atoms with Gasteiger partial charge in [-0.1, -0.05) is 34.9 Å². The monoisotopic (exact) mass is 524 g/mol. The van der Waals surface area contributed by atoms with Gasteiger partial charge in [0, 0.05) is 24.6 Å². The zero-order valence-electron chi connectivity index (χ0n) is 20.1. The van der Waals surface area contributed by atoms with Crippen molar-refractivity contribution in [2.24, 2.45) is 5.92 Å². The third kappa shape index (κ3) is 3.84. The van der Waals surface area contributed by atoms with Gasteiger partial charge in [-0.05, 0) is 65.8 Å². The van der Waals surface area contributed by atoms with Gasteiger partial charge in [-0.25, -0.2) is 0 Å². The number of piperidine rings is 1. The van der Waals surface area contributed by atoms with Crippen LogP contribution in [0.15, 0.2) is 35.4 Å². The summed E-state index contributed by atoms with van der Waals surface area (Å²) in [7, 11) is -1.20. The first-order valence-corrected chi connectivity index (χ1v) is 13.7. The highest BCUT2D eigenvalue weighted by Crippen LogP contribution is 2.63. The van der Waals surface area contributed by atoms with Gasteiger partial charge in [-0.2, -0.15) is 8.10 Å². The first-order chi connectivity index (χ1) is 16.1. The van der Waals surface area contributed by atoms with Crippen LogP contribution in [0.3, 0.4) is 0 Å². The number of halogens is 2. The van der Waals surface area contributed by atoms with Crippen LogP contribution in [0.2, 0.25) is 10.0 Å². The van der Waals surface area contributed by atoms with Crippen molar-refractivity contribution in [2.45, 2.75) is 70.1 Å². The highest BCUT2D eigenvalue weighted by molar-refractivity contribution is 7.81. The molecule has 5 unspecified atom stereocenters. The second kappa shape index (κ2) is 8.63. The summed E-state index contributed by atoms with van der Waals surface area (Å²) in [5.74, 6) is 1.92. The summed E-state index contributed by atoms with van der Waals surface area (Å²) in [5.41, 5.74) is 1.97. The van der Waals surface area contributed by atoms with E-state index in [-0.39, 0.29) is 18.3 Å². The highest BCUT2D eigenvalue weighted by Gasteiger charge is 2.80. The Morgan fingerprint density at radius 3 is 2.50 bits per heavy atom. The number of benzene rings is 1. The number of aromatic nitrogens is 1. The molecule has 1 aromatic heterocycles. The van der Waals surface area contributed by atoms with Crippen molar-refractivity contribution in [3.8, 4) is 5.75 Å². The van der Waals surface area contributed by atoms with Crippen LogP contribution in [0.4, 0.5) is 0 Å². The summed E-state index contributed by atoms with van der Waals surface area (Å²) in [6.45, 7) is 14.8. The van der Waals surface area contributed by atoms with Gasteiger partial charge < -0.3 is 9.26 Å². The first-order valence-electron chi connectivity index (χ1n) is 11.8. The fraction of sp³-hybridized carbons (Fsp3) is 0.560. The Balaban J connectivity index is 1.49. The maximum atomic E-state index is 14.1. The van der Waals surface area contributed by atoms with Crippen molar-refractivity contribution in [2.75, 3.05) is 13.1 Å². The zero-order valence-corrected chi connectivity index (χ0v) is 22.4. The number of hydrogen-bond donors (Lipinski definition) is 0. The maximum absolute atomic E-state index is 14.1. The molecule has 34 heavy (non-hydrogen) atoms. The fourth-order valence-electron chi connectivity index (χ4n) is 5.85. The molecule has 3 aliphatic heterocycles. The molecule has 9 heteroatoms. The summed E-state index contributed by atoms with van der Waals surface area (Å²) in [5, 5.41) is 5.13. The number of fused-ring (bicyclic) bond motifs is 2. The third-order valence-corrected chi connectivity index (χ3v) is 10.3. The fourth-order valence-corrected chi connectivity index (χ4v) is 8.33. The summed E-state index contributed by atoms with van der Waals surface area (Å²) >= 11 is 12.9. The van der Waals surface area contributed by atoms with E-state index in [4.69, 9.17) is 32.5 Å². The molecule has 184 valence electrons. The molecule has 0 bridgehead atoms. The molecule has 5 rings (SSSR count). The van der Waals surface area contributed by atoms with Gasteiger partial charge in [0.15, 0.2) is 0 Å². The average Bonchev–Trinajstić information content (AvgIpc) is 3.25. The van der Waals surface area contributed by atoms with E-state index in [1.54, 1.807) is 0 Å². The van der Waals surface area contributed by atoms with Crippen LogP contribution in [0.5, 0.6) is 5.75 Å². The Labute approximate surface area is 214 Å². The van der Waals surface area contributed by atoms with E-state index in [2.05, 4.69) is 16.6 Å². The average molecular weight is 526 g/mol. The molecule has 2 fully saturated rings. The van der Waals surface area contributed by atoms with E-state index >= 15 is 0 Å². The molecular weight excluding hydrogens is 493 g/mol. The van der Waals surface area contributed by atoms with Crippen LogP contribution in [0, 0.1) is 12.8 Å². The van der Waals surface area contributed by atoms with Crippen LogP contribution in [0.25, 0.3) is 0 Å². The Morgan fingerprint density at radius 2 is 1.91 bits per heavy atom. The minimum absolute atomic E-state index is 0.00280. The molecule has 0 radical (unpaired) electrons. The molecule has 2 saturated heterocycles. The highest BCUT2D eigenvalue weighted by atomic mass is 35.5. The Bertz CT molecular complexity index is 1140. The third-order valence-electron chi connectivity index (χ3n) is 7.31. The maximum Gasteiger partial charge on any atom is 0.304 e. The lowest BCUT2D eigenvalue weighted by molar-refractivity contribution is -0.748. The molecule has 2 aromatic rings. The number of quaternary nitrogens is 1. The molecule has 6 nitrogen and oxygen atoms in total. The SMILES string of the molecule is C=CC1C2Oc3cc(Cl)c(Cl)cc3C(C3CCN(Cc4cc(C)on4)CC3)[N+]12S(=O)C(C)(C)C. The van der Waals surface area contributed by atoms with Gasteiger partial charge in [-0.3, -0.25) is 4.90 Å². The quantitative estimate of drug-likeness (QED) is 0.280. The predicted octanol–water partition coefficient (Wildman–Crippen LogP) is 5.81. The molecule has 5 atom stereocenters. The Hall–Kier alpha value is -1.38. The number of hydrogen-bond acceptors (Lipinski definition) is 5. The van der Waals surface area contributed by atoms with E-state index < -0.39 is 15.7 Å². The molecule has 3 aliphatic rings. The number of ether oxygens (including phenoxy) is 1. The van der Waals surface area contributed by atoms with E-state index in [1.807, 2.05) is 52.0 Å². The van der Waals surface area contributed by atoms with Crippen LogP contribution in [-0.4, -0.2) is 48.3 Å². The van der Waals surface area contributed by atoms with Crippen molar-refractivity contribution in [3.05, 3.63) is 57.9 Å². The van der Waals surface area contributed by atoms with Gasteiger partial charge >= 0.3 is 6.23 Å². The van der Waals surface area contributed by atoms with Crippen molar-refractivity contribution in [3.63, 3.8) is 0 Å². The van der Waals surface area contributed by atoms with E-state index in [0.717, 1.165) is 55.2 Å². The zero-order chi connectivity index (χ0) is 24.4. The summed E-state index contributed by atoms with van der Waals surface area (Å²) in [4.78, 5) is 2.42. The molecule has 1 aromatic carbocycles. The molecule has 0 spiro atoms. The molecule has 0 N–H and O–H groups in total. The minimum atomic E-state index is -1.20. The van der Waals surface area contributed by atoms with Crippen LogP contribution in [0.1, 0.15) is 56.7 Å². The van der Waals surface area contributed by atoms with Crippen LogP contribution >= 0.6 is 23.2 Å². The first kappa shape index (κ1) is 24.3. The smallest absolute Gasteiger partial charge is 0.304 e. The lowest BCUT2D eigenvalue weighted by Gasteiger charge is -2.42. The minimum Gasteiger partial charge on any atom is -0.435 e. The number of aryl methyl sites for hydroxylation is 1. The Kier molecular flexibility index (Phi) is 6.17. The topological polar surface area (TPSA) is 55.6 Å². The van der Waals surface area contributed by atoms with Gasteiger partial charge in [-0.15, -0.1) is 0 Å². The van der Waals surface area contributed by atoms with Crippen molar-refractivity contribution < 1.29 is 17.4 Å². The van der Waals surface area contributed by atoms with Gasteiger partial charge in [0.2, 0.25) is 17.0 Å². The molecule has 0 saturated carbocycles. The lowest BCUT2D eigenvalue weighted by atomic mass is 9.84. The van der Waals surface area contributed by atoms with Crippen molar-refractivity contribution in [1.82, 2.24) is 10.1 Å². The van der Waals surface area contributed by atoms with E-state index in [1.165, 1.54) is 0 Å². The number of rotatable bonds is 5. The van der Waals surface area contributed by atoms with E-state index in [0.29, 0.717) is 19.9 Å². The molecule has 0 amide bonds. The standard InChI is InChI=1S/C25H32Cl2N3O3S/c1-6-21-24-30(21,34(31)25(3,4)5)23(18-12-19(26)20(27)13-22(18)32-24)16-7-9-29(10-8-16)14-17-11-15(2)33-28-17/h6,11-13,16,21,23-24H,1,7-10,14H2,2-5H3/q+1. The van der Waals surface area contributed by atoms with Crippen molar-refractivity contribution in [1.29, 1.82) is 0 Å². The lowest BCUT2D eigenvalue weighted by Crippen LogP contribution is -2.51. The summed E-state index contributed by atoms with van der Waals surface area (Å²) in [6, 6.07) is 5.71. The van der Waals surface area contributed by atoms with Crippen molar-refractivity contribution >= 4 is 34.2 Å². The second-order valence-corrected chi connectivity index (χ2v) is 13.8. The number of likely N-dealkylation sites (tertiary alicyclic amines) is 1.